The number of halogens is 2. The van der Waals surface area contributed by atoms with Crippen molar-refractivity contribution in [2.24, 2.45) is 0 Å². The summed E-state index contributed by atoms with van der Waals surface area (Å²) in [5.74, 6) is 0. The second kappa shape index (κ2) is 7.62. The van der Waals surface area contributed by atoms with Gasteiger partial charge in [0.25, 0.3) is 0 Å². The van der Waals surface area contributed by atoms with E-state index in [0.717, 1.165) is 11.4 Å². The van der Waals surface area contributed by atoms with Crippen LogP contribution in [0.5, 0.6) is 0 Å². The van der Waals surface area contributed by atoms with Crippen LogP contribution in [-0.4, -0.2) is 34.5 Å². The maximum Gasteiger partial charge on any atom is 0.0767 e. The number of nitrogens with one attached hydrogen (secondary N) is 2. The maximum atomic E-state index is 10.3. The smallest absolute Gasteiger partial charge is 0.0767 e. The summed E-state index contributed by atoms with van der Waals surface area (Å²) in [6.07, 6.45) is -0.384. The predicted molar refractivity (Wildman–Crippen MR) is 99.0 cm³/mol. The summed E-state index contributed by atoms with van der Waals surface area (Å²) in [5, 5.41) is 28.5. The van der Waals surface area contributed by atoms with E-state index in [1.54, 1.807) is 12.1 Å². The molecule has 2 aromatic carbocycles. The molecule has 1 fully saturated rings. The first-order valence-electron chi connectivity index (χ1n) is 7.91. The van der Waals surface area contributed by atoms with Gasteiger partial charge in [0.15, 0.2) is 0 Å². The van der Waals surface area contributed by atoms with Crippen molar-refractivity contribution >= 4 is 34.6 Å². The zero-order chi connectivity index (χ0) is 17.1. The van der Waals surface area contributed by atoms with Crippen LogP contribution >= 0.6 is 23.2 Å². The molecule has 1 aliphatic carbocycles. The van der Waals surface area contributed by atoms with Gasteiger partial charge in [-0.2, -0.15) is 0 Å². The average molecular weight is 367 g/mol. The average Bonchev–Trinajstić information content (AvgIpc) is 2.52. The Hall–Kier alpha value is -1.46. The third-order valence-electron chi connectivity index (χ3n) is 4.27. The Kier molecular flexibility index (Phi) is 5.51. The zero-order valence-corrected chi connectivity index (χ0v) is 14.5. The molecule has 0 bridgehead atoms. The monoisotopic (exact) mass is 366 g/mol. The molecule has 1 aliphatic rings. The van der Waals surface area contributed by atoms with Crippen LogP contribution in [0.15, 0.2) is 48.5 Å². The fourth-order valence-corrected chi connectivity index (χ4v) is 3.44. The molecular formula is C18H20Cl2N2O2. The van der Waals surface area contributed by atoms with Gasteiger partial charge in [-0.05, 0) is 42.8 Å². The van der Waals surface area contributed by atoms with Crippen LogP contribution in [0.1, 0.15) is 12.8 Å². The molecule has 2 aromatic rings. The second-order valence-electron chi connectivity index (χ2n) is 6.13. The van der Waals surface area contributed by atoms with E-state index in [2.05, 4.69) is 10.6 Å². The van der Waals surface area contributed by atoms with Crippen molar-refractivity contribution in [3.8, 4) is 0 Å². The van der Waals surface area contributed by atoms with E-state index >= 15 is 0 Å². The highest BCUT2D eigenvalue weighted by Crippen LogP contribution is 2.27. The molecule has 0 amide bonds. The lowest BCUT2D eigenvalue weighted by Crippen LogP contribution is -2.51. The normalized spacial score (nSPS) is 26.8. The van der Waals surface area contributed by atoms with Crippen LogP contribution in [0.25, 0.3) is 0 Å². The summed E-state index contributed by atoms with van der Waals surface area (Å²) in [4.78, 5) is 0. The van der Waals surface area contributed by atoms with Crippen molar-refractivity contribution in [3.63, 3.8) is 0 Å². The van der Waals surface area contributed by atoms with Gasteiger partial charge in [-0.25, -0.2) is 0 Å². The summed E-state index contributed by atoms with van der Waals surface area (Å²) < 4.78 is 0. The summed E-state index contributed by atoms with van der Waals surface area (Å²) >= 11 is 12.0. The Balaban J connectivity index is 1.70. The molecule has 6 heteroatoms. The van der Waals surface area contributed by atoms with Crippen molar-refractivity contribution in [1.29, 1.82) is 0 Å². The van der Waals surface area contributed by atoms with E-state index in [4.69, 9.17) is 23.2 Å². The fraction of sp³-hybridized carbons (Fsp3) is 0.333. The second-order valence-corrected chi connectivity index (χ2v) is 7.00. The Bertz CT molecular complexity index is 641. The molecule has 1 saturated carbocycles. The number of aliphatic hydroxyl groups excluding tert-OH is 2. The van der Waals surface area contributed by atoms with Crippen LogP contribution in [-0.2, 0) is 0 Å². The van der Waals surface area contributed by atoms with E-state index < -0.39 is 12.2 Å². The minimum atomic E-state index is -0.628. The highest BCUT2D eigenvalue weighted by Gasteiger charge is 2.35. The molecule has 4 atom stereocenters. The first kappa shape index (κ1) is 17.4. The van der Waals surface area contributed by atoms with Crippen molar-refractivity contribution in [3.05, 3.63) is 58.6 Å². The van der Waals surface area contributed by atoms with Gasteiger partial charge >= 0.3 is 0 Å². The van der Waals surface area contributed by atoms with Gasteiger partial charge in [0.1, 0.15) is 0 Å². The molecule has 4 nitrogen and oxygen atoms in total. The standard InChI is InChI=1S/C18H20Cl2N2O2/c19-11-3-1-5-13(7-11)21-15-9-16(18(24)10-17(15)23)22-14-6-2-4-12(20)8-14/h1-8,15-18,21-24H,9-10H2/t15-,16-,17-,18-/m0/s1. The largest absolute Gasteiger partial charge is 0.391 e. The summed E-state index contributed by atoms with van der Waals surface area (Å²) in [7, 11) is 0. The quantitative estimate of drug-likeness (QED) is 0.664. The minimum Gasteiger partial charge on any atom is -0.391 e. The zero-order valence-electron chi connectivity index (χ0n) is 13.0. The van der Waals surface area contributed by atoms with Crippen molar-refractivity contribution in [1.82, 2.24) is 0 Å². The number of rotatable bonds is 4. The molecule has 128 valence electrons. The third kappa shape index (κ3) is 4.33. The van der Waals surface area contributed by atoms with Gasteiger partial charge in [-0.1, -0.05) is 35.3 Å². The van der Waals surface area contributed by atoms with Crippen molar-refractivity contribution in [2.75, 3.05) is 10.6 Å². The number of hydrogen-bond acceptors (Lipinski definition) is 4. The van der Waals surface area contributed by atoms with Gasteiger partial charge in [0, 0.05) is 27.8 Å². The molecular weight excluding hydrogens is 347 g/mol. The number of benzene rings is 2. The third-order valence-corrected chi connectivity index (χ3v) is 4.74. The van der Waals surface area contributed by atoms with Crippen LogP contribution < -0.4 is 10.6 Å². The van der Waals surface area contributed by atoms with E-state index in [1.807, 2.05) is 36.4 Å². The topological polar surface area (TPSA) is 64.5 Å². The van der Waals surface area contributed by atoms with Crippen LogP contribution in [0.4, 0.5) is 11.4 Å². The lowest BCUT2D eigenvalue weighted by atomic mass is 9.86. The Morgan fingerprint density at radius 3 is 1.62 bits per heavy atom. The molecule has 4 N–H and O–H groups in total. The molecule has 0 aromatic heterocycles. The van der Waals surface area contributed by atoms with E-state index in [9.17, 15) is 10.2 Å². The summed E-state index contributed by atoms with van der Waals surface area (Å²) in [6, 6.07) is 14.4. The number of anilines is 2. The highest BCUT2D eigenvalue weighted by atomic mass is 35.5. The van der Waals surface area contributed by atoms with Gasteiger partial charge in [-0.15, -0.1) is 0 Å². The minimum absolute atomic E-state index is 0.177. The molecule has 24 heavy (non-hydrogen) atoms. The van der Waals surface area contributed by atoms with E-state index in [0.29, 0.717) is 22.9 Å². The Labute approximate surface area is 151 Å². The lowest BCUT2D eigenvalue weighted by molar-refractivity contribution is 0.0242. The van der Waals surface area contributed by atoms with Crippen molar-refractivity contribution in [2.45, 2.75) is 37.1 Å². The molecule has 0 unspecified atom stereocenters. The van der Waals surface area contributed by atoms with Gasteiger partial charge < -0.3 is 20.8 Å². The first-order valence-corrected chi connectivity index (χ1v) is 8.67. The molecule has 0 heterocycles. The number of hydrogen-bond donors (Lipinski definition) is 4. The highest BCUT2D eigenvalue weighted by molar-refractivity contribution is 6.31. The first-order chi connectivity index (χ1) is 11.5. The molecule has 0 aliphatic heterocycles. The van der Waals surface area contributed by atoms with Crippen LogP contribution in [0, 0.1) is 0 Å². The Morgan fingerprint density at radius 1 is 0.750 bits per heavy atom. The van der Waals surface area contributed by atoms with Crippen LogP contribution in [0.2, 0.25) is 10.0 Å². The van der Waals surface area contributed by atoms with E-state index in [-0.39, 0.29) is 12.1 Å². The lowest BCUT2D eigenvalue weighted by Gasteiger charge is -2.38. The predicted octanol–water partition coefficient (Wildman–Crippen LogP) is 3.77. The molecule has 0 saturated heterocycles. The van der Waals surface area contributed by atoms with Crippen LogP contribution in [0.3, 0.4) is 0 Å². The SMILES string of the molecule is O[C@H]1C[C@H](O)[C@@H](Nc2cccc(Cl)c2)C[C@@H]1Nc1cccc(Cl)c1. The fourth-order valence-electron chi connectivity index (χ4n) is 3.06. The molecule has 0 spiro atoms. The van der Waals surface area contributed by atoms with Gasteiger partial charge in [0.05, 0.1) is 24.3 Å². The van der Waals surface area contributed by atoms with E-state index in [1.165, 1.54) is 0 Å². The van der Waals surface area contributed by atoms with Gasteiger partial charge in [-0.3, -0.25) is 0 Å². The van der Waals surface area contributed by atoms with Gasteiger partial charge in [0.2, 0.25) is 0 Å². The summed E-state index contributed by atoms with van der Waals surface area (Å²) in [6.45, 7) is 0. The maximum absolute atomic E-state index is 10.3. The molecule has 3 rings (SSSR count). The number of aliphatic hydroxyl groups is 2. The Morgan fingerprint density at radius 2 is 1.21 bits per heavy atom. The molecule has 0 radical (unpaired) electrons. The van der Waals surface area contributed by atoms with Crippen molar-refractivity contribution < 1.29 is 10.2 Å². The summed E-state index contributed by atoms with van der Waals surface area (Å²) in [5.41, 5.74) is 1.70.